The van der Waals surface area contributed by atoms with E-state index in [0.717, 1.165) is 0 Å². The third-order valence-electron chi connectivity index (χ3n) is 2.60. The largest absolute Gasteiger partial charge is 0.494 e. The Morgan fingerprint density at radius 2 is 2.10 bits per heavy atom. The fourth-order valence-electron chi connectivity index (χ4n) is 1.86. The Labute approximate surface area is 124 Å². The molecule has 0 saturated carbocycles. The summed E-state index contributed by atoms with van der Waals surface area (Å²) >= 11 is 0. The summed E-state index contributed by atoms with van der Waals surface area (Å²) < 4.78 is 5.36. The summed E-state index contributed by atoms with van der Waals surface area (Å²) in [5.41, 5.74) is 0.574. The number of aliphatic carboxylic acids is 1. The van der Waals surface area contributed by atoms with Gasteiger partial charge in [-0.2, -0.15) is 0 Å². The molecule has 0 radical (unpaired) electrons. The zero-order valence-corrected chi connectivity index (χ0v) is 12.6. The Morgan fingerprint density at radius 1 is 1.38 bits per heavy atom. The fourth-order valence-corrected chi connectivity index (χ4v) is 1.86. The highest BCUT2D eigenvalue weighted by Crippen LogP contribution is 2.17. The number of urea groups is 1. The highest BCUT2D eigenvalue weighted by molar-refractivity contribution is 5.91. The number of carboxylic acids is 1. The Kier molecular flexibility index (Phi) is 6.52. The minimum Gasteiger partial charge on any atom is -0.494 e. The molecule has 0 aliphatic carbocycles. The highest BCUT2D eigenvalue weighted by Gasteiger charge is 2.18. The predicted molar refractivity (Wildman–Crippen MR) is 80.7 cm³/mol. The third kappa shape index (κ3) is 6.16. The van der Waals surface area contributed by atoms with Crippen LogP contribution in [0.3, 0.4) is 0 Å². The quantitative estimate of drug-likeness (QED) is 0.810. The average molecular weight is 294 g/mol. The van der Waals surface area contributed by atoms with Crippen molar-refractivity contribution in [2.45, 2.75) is 20.8 Å². The third-order valence-corrected chi connectivity index (χ3v) is 2.60. The first kappa shape index (κ1) is 16.8. The lowest BCUT2D eigenvalue weighted by atomic mass is 10.2. The van der Waals surface area contributed by atoms with E-state index in [4.69, 9.17) is 9.84 Å². The summed E-state index contributed by atoms with van der Waals surface area (Å²) in [4.78, 5) is 24.3. The van der Waals surface area contributed by atoms with Crippen LogP contribution in [0.15, 0.2) is 24.3 Å². The molecule has 1 aromatic rings. The number of hydrogen-bond donors (Lipinski definition) is 2. The topological polar surface area (TPSA) is 78.9 Å². The van der Waals surface area contributed by atoms with Crippen LogP contribution in [0.1, 0.15) is 20.8 Å². The highest BCUT2D eigenvalue weighted by atomic mass is 16.5. The van der Waals surface area contributed by atoms with Gasteiger partial charge in [-0.1, -0.05) is 19.9 Å². The lowest BCUT2D eigenvalue weighted by Gasteiger charge is -2.23. The smallest absolute Gasteiger partial charge is 0.323 e. The number of carboxylic acid groups (broad SMARTS) is 1. The molecule has 0 spiro atoms. The Bertz CT molecular complexity index is 488. The van der Waals surface area contributed by atoms with E-state index in [1.165, 1.54) is 4.90 Å². The van der Waals surface area contributed by atoms with E-state index in [2.05, 4.69) is 5.32 Å². The molecule has 1 aromatic carbocycles. The zero-order chi connectivity index (χ0) is 15.8. The number of benzene rings is 1. The second-order valence-electron chi connectivity index (χ2n) is 5.06. The molecule has 0 heterocycles. The fraction of sp³-hybridized carbons (Fsp3) is 0.467. The van der Waals surface area contributed by atoms with Crippen LogP contribution in [-0.4, -0.2) is 41.7 Å². The minimum absolute atomic E-state index is 0.185. The van der Waals surface area contributed by atoms with Gasteiger partial charge >= 0.3 is 12.0 Å². The first-order valence-corrected chi connectivity index (χ1v) is 6.93. The van der Waals surface area contributed by atoms with Crippen LogP contribution in [0, 0.1) is 5.92 Å². The number of ether oxygens (including phenoxy) is 1. The van der Waals surface area contributed by atoms with Gasteiger partial charge in [-0.3, -0.25) is 4.79 Å². The van der Waals surface area contributed by atoms with E-state index in [1.807, 2.05) is 20.8 Å². The van der Waals surface area contributed by atoms with E-state index in [0.29, 0.717) is 24.6 Å². The number of hydrogen-bond acceptors (Lipinski definition) is 3. The van der Waals surface area contributed by atoms with Crippen molar-refractivity contribution in [2.75, 3.05) is 25.0 Å². The Hall–Kier alpha value is -2.24. The van der Waals surface area contributed by atoms with Crippen LogP contribution in [0.4, 0.5) is 10.5 Å². The van der Waals surface area contributed by atoms with E-state index in [1.54, 1.807) is 24.3 Å². The van der Waals surface area contributed by atoms with Gasteiger partial charge in [-0.05, 0) is 25.0 Å². The van der Waals surface area contributed by atoms with Crippen molar-refractivity contribution >= 4 is 17.7 Å². The van der Waals surface area contributed by atoms with Crippen molar-refractivity contribution in [2.24, 2.45) is 5.92 Å². The molecule has 0 aromatic heterocycles. The molecule has 0 bridgehead atoms. The number of nitrogens with zero attached hydrogens (tertiary/aromatic N) is 1. The SMILES string of the molecule is CCOc1cccc(NC(=O)N(CC(=O)O)CC(C)C)c1. The van der Waals surface area contributed by atoms with Crippen molar-refractivity contribution in [3.05, 3.63) is 24.3 Å². The molecular formula is C15H22N2O4. The normalized spacial score (nSPS) is 10.3. The molecule has 6 nitrogen and oxygen atoms in total. The van der Waals surface area contributed by atoms with Gasteiger partial charge in [-0.25, -0.2) is 4.79 Å². The van der Waals surface area contributed by atoms with Crippen LogP contribution in [0.5, 0.6) is 5.75 Å². The van der Waals surface area contributed by atoms with Crippen molar-refractivity contribution in [3.63, 3.8) is 0 Å². The van der Waals surface area contributed by atoms with Crippen LogP contribution in [-0.2, 0) is 4.79 Å². The van der Waals surface area contributed by atoms with E-state index < -0.39 is 12.0 Å². The van der Waals surface area contributed by atoms with Gasteiger partial charge in [0, 0.05) is 18.3 Å². The lowest BCUT2D eigenvalue weighted by Crippen LogP contribution is -2.40. The van der Waals surface area contributed by atoms with Crippen molar-refractivity contribution < 1.29 is 19.4 Å². The molecule has 0 atom stereocenters. The molecule has 116 valence electrons. The van der Waals surface area contributed by atoms with Crippen molar-refractivity contribution in [3.8, 4) is 5.75 Å². The predicted octanol–water partition coefficient (Wildman–Crippen LogP) is 2.66. The monoisotopic (exact) mass is 294 g/mol. The second kappa shape index (κ2) is 8.14. The molecule has 0 saturated heterocycles. The molecule has 0 unspecified atom stereocenters. The zero-order valence-electron chi connectivity index (χ0n) is 12.6. The van der Waals surface area contributed by atoms with Gasteiger partial charge in [0.05, 0.1) is 6.61 Å². The number of anilines is 1. The maximum absolute atomic E-state index is 12.2. The maximum Gasteiger partial charge on any atom is 0.323 e. The van der Waals surface area contributed by atoms with Gasteiger partial charge in [0.2, 0.25) is 0 Å². The van der Waals surface area contributed by atoms with E-state index >= 15 is 0 Å². The number of nitrogens with one attached hydrogen (secondary N) is 1. The molecule has 1 rings (SSSR count). The van der Waals surface area contributed by atoms with Crippen LogP contribution in [0.2, 0.25) is 0 Å². The molecule has 2 N–H and O–H groups in total. The van der Waals surface area contributed by atoms with Crippen LogP contribution in [0.25, 0.3) is 0 Å². The molecule has 0 aliphatic heterocycles. The summed E-state index contributed by atoms with van der Waals surface area (Å²) in [6.45, 7) is 6.33. The average Bonchev–Trinajstić information content (AvgIpc) is 2.37. The summed E-state index contributed by atoms with van der Waals surface area (Å²) in [6.07, 6.45) is 0. The maximum atomic E-state index is 12.2. The van der Waals surface area contributed by atoms with Crippen LogP contribution >= 0.6 is 0 Å². The number of carbonyl (C=O) groups excluding carboxylic acids is 1. The van der Waals surface area contributed by atoms with Gasteiger partial charge in [-0.15, -0.1) is 0 Å². The number of amides is 2. The number of carbonyl (C=O) groups is 2. The summed E-state index contributed by atoms with van der Waals surface area (Å²) in [5.74, 6) is -0.192. The first-order valence-electron chi connectivity index (χ1n) is 6.93. The Morgan fingerprint density at radius 3 is 2.67 bits per heavy atom. The van der Waals surface area contributed by atoms with Crippen LogP contribution < -0.4 is 10.1 Å². The van der Waals surface area contributed by atoms with Gasteiger partial charge < -0.3 is 20.1 Å². The molecule has 0 fully saturated rings. The summed E-state index contributed by atoms with van der Waals surface area (Å²) in [7, 11) is 0. The Balaban J connectivity index is 2.75. The number of rotatable bonds is 7. The minimum atomic E-state index is -1.03. The molecule has 2 amide bonds. The second-order valence-corrected chi connectivity index (χ2v) is 5.06. The summed E-state index contributed by atoms with van der Waals surface area (Å²) in [6, 6.07) is 6.57. The van der Waals surface area contributed by atoms with E-state index in [9.17, 15) is 9.59 Å². The lowest BCUT2D eigenvalue weighted by molar-refractivity contribution is -0.137. The van der Waals surface area contributed by atoms with Gasteiger partial charge in [0.25, 0.3) is 0 Å². The van der Waals surface area contributed by atoms with Gasteiger partial charge in [0.1, 0.15) is 12.3 Å². The molecular weight excluding hydrogens is 272 g/mol. The van der Waals surface area contributed by atoms with Crippen molar-refractivity contribution in [1.29, 1.82) is 0 Å². The van der Waals surface area contributed by atoms with Crippen molar-refractivity contribution in [1.82, 2.24) is 4.90 Å². The molecule has 0 aliphatic rings. The first-order chi connectivity index (χ1) is 9.92. The van der Waals surface area contributed by atoms with E-state index in [-0.39, 0.29) is 12.5 Å². The van der Waals surface area contributed by atoms with Gasteiger partial charge in [0.15, 0.2) is 0 Å². The summed E-state index contributed by atoms with van der Waals surface area (Å²) in [5, 5.41) is 11.6. The molecule has 21 heavy (non-hydrogen) atoms. The standard InChI is InChI=1S/C15H22N2O4/c1-4-21-13-7-5-6-12(8-13)16-15(20)17(9-11(2)3)10-14(18)19/h5-8,11H,4,9-10H2,1-3H3,(H,16,20)(H,18,19). The molecule has 6 heteroatoms.